The maximum Gasteiger partial charge on any atom is 0.313 e. The van der Waals surface area contributed by atoms with Gasteiger partial charge in [-0.1, -0.05) is 0 Å². The van der Waals surface area contributed by atoms with Crippen molar-refractivity contribution < 1.29 is 28.2 Å². The summed E-state index contributed by atoms with van der Waals surface area (Å²) in [4.78, 5) is 27.5. The summed E-state index contributed by atoms with van der Waals surface area (Å²) in [5, 5.41) is 8.48. The van der Waals surface area contributed by atoms with Crippen LogP contribution >= 0.6 is 0 Å². The Balaban J connectivity index is 1.54. The molecule has 2 amide bonds. The summed E-state index contributed by atoms with van der Waals surface area (Å²) < 4.78 is 32.2. The molecular weight excluding hydrogens is 455 g/mol. The monoisotopic (exact) mass is 482 g/mol. The second-order valence-electron chi connectivity index (χ2n) is 8.11. The molecule has 0 saturated carbocycles. The third-order valence-corrected chi connectivity index (χ3v) is 5.76. The Hall–Kier alpha value is -3.92. The third-order valence-electron chi connectivity index (χ3n) is 5.76. The zero-order valence-electron chi connectivity index (χ0n) is 19.5. The highest BCUT2D eigenvalue weighted by Crippen LogP contribution is 2.38. The third kappa shape index (κ3) is 5.78. The molecule has 9 nitrogen and oxygen atoms in total. The normalized spacial score (nSPS) is 13.8. The first-order valence-corrected chi connectivity index (χ1v) is 11.3. The second kappa shape index (κ2) is 11.0. The number of hydrogen-bond donors (Lipinski definition) is 3. The van der Waals surface area contributed by atoms with Gasteiger partial charge >= 0.3 is 11.8 Å². The molecule has 3 aromatic rings. The number of nitrogens with one attached hydrogen (secondary N) is 3. The molecule has 2 aromatic carbocycles. The van der Waals surface area contributed by atoms with E-state index in [-0.39, 0.29) is 11.4 Å². The number of benzene rings is 2. The number of hydrogen-bond acceptors (Lipinski definition) is 7. The molecule has 1 saturated heterocycles. The molecule has 184 valence electrons. The molecular formula is C25H27FN4O5. The largest absolute Gasteiger partial charge is 0.493 e. The predicted octanol–water partition coefficient (Wildman–Crippen LogP) is 3.24. The number of nitrogens with zero attached hydrogens (tertiary/aromatic N) is 1. The summed E-state index contributed by atoms with van der Waals surface area (Å²) in [7, 11) is 2.89. The minimum Gasteiger partial charge on any atom is -0.493 e. The van der Waals surface area contributed by atoms with Crippen molar-refractivity contribution in [3.63, 3.8) is 0 Å². The molecule has 0 atom stereocenters. The van der Waals surface area contributed by atoms with Crippen molar-refractivity contribution in [1.82, 2.24) is 15.6 Å². The van der Waals surface area contributed by atoms with Crippen molar-refractivity contribution >= 4 is 28.4 Å². The fourth-order valence-electron chi connectivity index (χ4n) is 3.83. The molecule has 0 spiro atoms. The van der Waals surface area contributed by atoms with Crippen LogP contribution in [0.25, 0.3) is 10.9 Å². The van der Waals surface area contributed by atoms with Gasteiger partial charge in [0.2, 0.25) is 0 Å². The lowest BCUT2D eigenvalue weighted by Crippen LogP contribution is -2.32. The van der Waals surface area contributed by atoms with E-state index in [4.69, 9.17) is 14.2 Å². The van der Waals surface area contributed by atoms with E-state index in [9.17, 15) is 14.0 Å². The van der Waals surface area contributed by atoms with Crippen molar-refractivity contribution in [2.45, 2.75) is 12.8 Å². The first-order chi connectivity index (χ1) is 17.0. The average Bonchev–Trinajstić information content (AvgIpc) is 2.88. The van der Waals surface area contributed by atoms with E-state index in [0.717, 1.165) is 32.0 Å². The Bertz CT molecular complexity index is 1230. The molecule has 0 radical (unpaired) electrons. The Kier molecular flexibility index (Phi) is 7.61. The van der Waals surface area contributed by atoms with Crippen LogP contribution in [0.3, 0.4) is 0 Å². The van der Waals surface area contributed by atoms with Gasteiger partial charge in [0.25, 0.3) is 0 Å². The van der Waals surface area contributed by atoms with Crippen LogP contribution in [0.2, 0.25) is 0 Å². The number of ether oxygens (including phenoxy) is 3. The molecule has 1 fully saturated rings. The Morgan fingerprint density at radius 2 is 1.86 bits per heavy atom. The summed E-state index contributed by atoms with van der Waals surface area (Å²) in [5.41, 5.74) is 0.735. The summed E-state index contributed by atoms with van der Waals surface area (Å²) in [5.74, 6) is -0.527. The number of anilines is 1. The molecule has 4 rings (SSSR count). The molecule has 0 aliphatic carbocycles. The van der Waals surface area contributed by atoms with E-state index in [1.165, 1.54) is 19.2 Å². The predicted molar refractivity (Wildman–Crippen MR) is 129 cm³/mol. The van der Waals surface area contributed by atoms with Gasteiger partial charge < -0.3 is 30.2 Å². The maximum atomic E-state index is 14.7. The van der Waals surface area contributed by atoms with Crippen LogP contribution in [-0.4, -0.2) is 50.7 Å². The van der Waals surface area contributed by atoms with Gasteiger partial charge in [-0.3, -0.25) is 14.6 Å². The minimum absolute atomic E-state index is 0.0550. The number of amides is 2. The second-order valence-corrected chi connectivity index (χ2v) is 8.11. The highest BCUT2D eigenvalue weighted by Gasteiger charge is 2.18. The summed E-state index contributed by atoms with van der Waals surface area (Å²) >= 11 is 0. The topological polar surface area (TPSA) is 111 Å². The summed E-state index contributed by atoms with van der Waals surface area (Å²) in [6.45, 7) is 2.57. The van der Waals surface area contributed by atoms with Crippen LogP contribution in [0.15, 0.2) is 42.6 Å². The van der Waals surface area contributed by atoms with Crippen LogP contribution in [0.4, 0.5) is 10.1 Å². The number of aromatic nitrogens is 1. The van der Waals surface area contributed by atoms with Gasteiger partial charge in [0.15, 0.2) is 23.1 Å². The Morgan fingerprint density at radius 3 is 2.57 bits per heavy atom. The zero-order valence-corrected chi connectivity index (χ0v) is 19.5. The van der Waals surface area contributed by atoms with Crippen molar-refractivity contribution in [3.05, 3.63) is 48.4 Å². The minimum atomic E-state index is -0.897. The van der Waals surface area contributed by atoms with E-state index in [0.29, 0.717) is 40.7 Å². The molecule has 3 N–H and O–H groups in total. The van der Waals surface area contributed by atoms with Crippen molar-refractivity contribution in [1.29, 1.82) is 0 Å². The lowest BCUT2D eigenvalue weighted by molar-refractivity contribution is -0.135. The lowest BCUT2D eigenvalue weighted by atomic mass is 9.99. The number of methoxy groups -OCH3 is 1. The molecule has 10 heteroatoms. The van der Waals surface area contributed by atoms with Crippen LogP contribution in [0.5, 0.6) is 23.0 Å². The van der Waals surface area contributed by atoms with Crippen LogP contribution in [-0.2, 0) is 9.59 Å². The molecule has 1 aliphatic heterocycles. The van der Waals surface area contributed by atoms with Crippen LogP contribution < -0.4 is 30.2 Å². The quantitative estimate of drug-likeness (QED) is 0.444. The van der Waals surface area contributed by atoms with Gasteiger partial charge in [0.05, 0.1) is 19.2 Å². The number of fused-ring (bicyclic) bond motifs is 1. The van der Waals surface area contributed by atoms with Gasteiger partial charge in [-0.25, -0.2) is 4.39 Å². The van der Waals surface area contributed by atoms with Crippen LogP contribution in [0.1, 0.15) is 12.8 Å². The van der Waals surface area contributed by atoms with Gasteiger partial charge in [-0.05, 0) is 56.1 Å². The Morgan fingerprint density at radius 1 is 1.06 bits per heavy atom. The molecule has 0 bridgehead atoms. The summed E-state index contributed by atoms with van der Waals surface area (Å²) in [6.07, 6.45) is 3.69. The molecule has 0 unspecified atom stereocenters. The number of carbonyl (C=O) groups is 2. The highest BCUT2D eigenvalue weighted by molar-refractivity contribution is 6.39. The first kappa shape index (κ1) is 24.2. The zero-order chi connectivity index (χ0) is 24.8. The molecule has 2 heterocycles. The Labute approximate surface area is 202 Å². The standard InChI is InChI=1S/C25H27FN4O5/c1-27-24(31)25(32)30-16-3-4-21(18(26)11-16)35-20-7-10-29-19-13-23(22(33-2)12-17(19)20)34-14-15-5-8-28-9-6-15/h3-4,7,10-13,15,28H,5-6,8-9,14H2,1-2H3,(H,27,31)(H,30,32). The van der Waals surface area contributed by atoms with E-state index < -0.39 is 17.6 Å². The number of halogens is 1. The van der Waals surface area contributed by atoms with Gasteiger partial charge in [-0.2, -0.15) is 0 Å². The van der Waals surface area contributed by atoms with Gasteiger partial charge in [0.1, 0.15) is 5.75 Å². The average molecular weight is 483 g/mol. The maximum absolute atomic E-state index is 14.7. The van der Waals surface area contributed by atoms with E-state index >= 15 is 0 Å². The van der Waals surface area contributed by atoms with E-state index in [1.54, 1.807) is 31.5 Å². The van der Waals surface area contributed by atoms with Gasteiger partial charge in [0, 0.05) is 36.5 Å². The lowest BCUT2D eigenvalue weighted by Gasteiger charge is -2.23. The van der Waals surface area contributed by atoms with Crippen molar-refractivity contribution in [3.8, 4) is 23.0 Å². The molecule has 1 aliphatic rings. The highest BCUT2D eigenvalue weighted by atomic mass is 19.1. The first-order valence-electron chi connectivity index (χ1n) is 11.3. The number of carbonyl (C=O) groups excluding carboxylic acids is 2. The molecule has 1 aromatic heterocycles. The fourth-order valence-corrected chi connectivity index (χ4v) is 3.83. The van der Waals surface area contributed by atoms with E-state index in [2.05, 4.69) is 20.9 Å². The smallest absolute Gasteiger partial charge is 0.313 e. The fraction of sp³-hybridized carbons (Fsp3) is 0.320. The number of likely N-dealkylation sites (N-methyl/N-ethyl adjacent to an activating group) is 1. The SMILES string of the molecule is CNC(=O)C(=O)Nc1ccc(Oc2ccnc3cc(OCC4CCNCC4)c(OC)cc23)c(F)c1. The van der Waals surface area contributed by atoms with Crippen LogP contribution in [0, 0.1) is 11.7 Å². The van der Waals surface area contributed by atoms with Crippen molar-refractivity contribution in [2.75, 3.05) is 39.2 Å². The van der Waals surface area contributed by atoms with Crippen molar-refractivity contribution in [2.24, 2.45) is 5.92 Å². The van der Waals surface area contributed by atoms with Gasteiger partial charge in [-0.15, -0.1) is 0 Å². The number of rotatable bonds is 7. The number of piperidine rings is 1. The number of pyridine rings is 1. The van der Waals surface area contributed by atoms with E-state index in [1.807, 2.05) is 0 Å². The summed E-state index contributed by atoms with van der Waals surface area (Å²) in [6, 6.07) is 9.05. The molecule has 35 heavy (non-hydrogen) atoms.